The first kappa shape index (κ1) is 11.3. The summed E-state index contributed by atoms with van der Waals surface area (Å²) in [6.07, 6.45) is 7.15. The number of nitrogens with zero attached hydrogens (tertiary/aromatic N) is 3. The number of hydrogen-bond donors (Lipinski definition) is 1. The molecule has 0 aromatic carbocycles. The first-order valence-electron chi connectivity index (χ1n) is 5.38. The van der Waals surface area contributed by atoms with E-state index in [-0.39, 0.29) is 5.56 Å². The Bertz CT molecular complexity index is 534. The zero-order valence-corrected chi connectivity index (χ0v) is 9.50. The molecule has 0 aliphatic carbocycles. The summed E-state index contributed by atoms with van der Waals surface area (Å²) in [5.41, 5.74) is 0.964. The normalized spacial score (nSPS) is 10.4. The van der Waals surface area contributed by atoms with Crippen molar-refractivity contribution in [2.24, 2.45) is 0 Å². The van der Waals surface area contributed by atoms with Crippen LogP contribution in [-0.2, 0) is 13.0 Å². The minimum atomic E-state index is -0.933. The number of aryl methyl sites for hydroxylation is 1. The van der Waals surface area contributed by atoms with Crippen LogP contribution in [0.5, 0.6) is 0 Å². The summed E-state index contributed by atoms with van der Waals surface area (Å²) in [7, 11) is 0. The molecule has 0 radical (unpaired) electrons. The highest BCUT2D eigenvalue weighted by Gasteiger charge is 2.12. The highest BCUT2D eigenvalue weighted by molar-refractivity contribution is 5.89. The van der Waals surface area contributed by atoms with Gasteiger partial charge in [0.05, 0.1) is 5.56 Å². The van der Waals surface area contributed by atoms with Crippen LogP contribution in [0.3, 0.4) is 0 Å². The van der Waals surface area contributed by atoms with E-state index < -0.39 is 5.97 Å². The lowest BCUT2D eigenvalue weighted by molar-refractivity contribution is 0.0695. The molecule has 0 amide bonds. The topological polar surface area (TPSA) is 68.0 Å². The first-order valence-corrected chi connectivity index (χ1v) is 5.38. The smallest absolute Gasteiger partial charge is 0.336 e. The van der Waals surface area contributed by atoms with Gasteiger partial charge in [0.2, 0.25) is 0 Å². The van der Waals surface area contributed by atoms with Crippen LogP contribution in [0.2, 0.25) is 0 Å². The van der Waals surface area contributed by atoms with Gasteiger partial charge in [0.1, 0.15) is 5.82 Å². The molecule has 0 atom stereocenters. The lowest BCUT2D eigenvalue weighted by Crippen LogP contribution is -2.07. The molecule has 0 saturated carbocycles. The van der Waals surface area contributed by atoms with Crippen molar-refractivity contribution in [3.05, 3.63) is 47.8 Å². The van der Waals surface area contributed by atoms with Crippen LogP contribution in [0, 0.1) is 0 Å². The number of rotatable bonds is 4. The molecule has 0 saturated heterocycles. The lowest BCUT2D eigenvalue weighted by Gasteiger charge is -2.06. The minimum absolute atomic E-state index is 0.283. The number of hydrogen-bond acceptors (Lipinski definition) is 3. The van der Waals surface area contributed by atoms with E-state index in [1.54, 1.807) is 12.4 Å². The molecule has 0 aliphatic rings. The summed E-state index contributed by atoms with van der Waals surface area (Å²) < 4.78 is 1.98. The molecule has 0 spiro atoms. The maximum Gasteiger partial charge on any atom is 0.336 e. The monoisotopic (exact) mass is 231 g/mol. The van der Waals surface area contributed by atoms with Crippen LogP contribution >= 0.6 is 0 Å². The van der Waals surface area contributed by atoms with Gasteiger partial charge in [-0.25, -0.2) is 9.78 Å². The van der Waals surface area contributed by atoms with E-state index in [0.29, 0.717) is 12.0 Å². The van der Waals surface area contributed by atoms with Crippen molar-refractivity contribution < 1.29 is 9.90 Å². The summed E-state index contributed by atoms with van der Waals surface area (Å²) in [5.74, 6) is -0.0833. The second kappa shape index (κ2) is 4.78. The fourth-order valence-corrected chi connectivity index (χ4v) is 1.74. The van der Waals surface area contributed by atoms with Gasteiger partial charge in [0.25, 0.3) is 0 Å². The summed E-state index contributed by atoms with van der Waals surface area (Å²) in [6.45, 7) is 2.84. The SMILES string of the molecule is CCn1ccnc1Cc1cnccc1C(=O)O. The van der Waals surface area contributed by atoms with Gasteiger partial charge in [-0.2, -0.15) is 0 Å². The Morgan fingerprint density at radius 2 is 2.29 bits per heavy atom. The minimum Gasteiger partial charge on any atom is -0.478 e. The molecule has 2 aromatic rings. The van der Waals surface area contributed by atoms with Gasteiger partial charge in [0, 0.05) is 37.8 Å². The number of carbonyl (C=O) groups is 1. The van der Waals surface area contributed by atoms with Crippen molar-refractivity contribution in [3.8, 4) is 0 Å². The molecule has 0 fully saturated rings. The molecule has 1 N–H and O–H groups in total. The number of aromatic carboxylic acids is 1. The molecule has 2 heterocycles. The maximum atomic E-state index is 11.0. The van der Waals surface area contributed by atoms with E-state index in [2.05, 4.69) is 9.97 Å². The molecule has 0 unspecified atom stereocenters. The standard InChI is InChI=1S/C12H13N3O2/c1-2-15-6-5-14-11(15)7-9-8-13-4-3-10(9)12(16)17/h3-6,8H,2,7H2,1H3,(H,16,17). The average molecular weight is 231 g/mol. The summed E-state index contributed by atoms with van der Waals surface area (Å²) >= 11 is 0. The van der Waals surface area contributed by atoms with Gasteiger partial charge < -0.3 is 9.67 Å². The van der Waals surface area contributed by atoms with E-state index in [9.17, 15) is 4.79 Å². The maximum absolute atomic E-state index is 11.0. The molecule has 88 valence electrons. The Balaban J connectivity index is 2.33. The predicted octanol–water partition coefficient (Wildman–Crippen LogP) is 1.59. The van der Waals surface area contributed by atoms with Gasteiger partial charge in [-0.3, -0.25) is 4.98 Å². The summed E-state index contributed by atoms with van der Waals surface area (Å²) in [5, 5.41) is 9.07. The van der Waals surface area contributed by atoms with Crippen LogP contribution in [0.15, 0.2) is 30.9 Å². The van der Waals surface area contributed by atoms with Gasteiger partial charge in [-0.1, -0.05) is 0 Å². The van der Waals surface area contributed by atoms with E-state index in [4.69, 9.17) is 5.11 Å². The molecule has 0 aliphatic heterocycles. The third-order valence-electron chi connectivity index (χ3n) is 2.62. The van der Waals surface area contributed by atoms with Gasteiger partial charge in [0.15, 0.2) is 0 Å². The number of carboxylic acid groups (broad SMARTS) is 1. The highest BCUT2D eigenvalue weighted by atomic mass is 16.4. The molecule has 17 heavy (non-hydrogen) atoms. The Morgan fingerprint density at radius 1 is 1.47 bits per heavy atom. The third-order valence-corrected chi connectivity index (χ3v) is 2.62. The quantitative estimate of drug-likeness (QED) is 0.867. The molecule has 5 nitrogen and oxygen atoms in total. The van der Waals surface area contributed by atoms with E-state index in [0.717, 1.165) is 12.4 Å². The van der Waals surface area contributed by atoms with Crippen molar-refractivity contribution in [2.45, 2.75) is 19.9 Å². The van der Waals surface area contributed by atoms with Crippen molar-refractivity contribution in [3.63, 3.8) is 0 Å². The van der Waals surface area contributed by atoms with Crippen LogP contribution < -0.4 is 0 Å². The van der Waals surface area contributed by atoms with Crippen molar-refractivity contribution in [1.82, 2.24) is 14.5 Å². The van der Waals surface area contributed by atoms with E-state index >= 15 is 0 Å². The molecule has 0 bridgehead atoms. The fraction of sp³-hybridized carbons (Fsp3) is 0.250. The van der Waals surface area contributed by atoms with Crippen molar-refractivity contribution >= 4 is 5.97 Å². The Hall–Kier alpha value is -2.17. The zero-order chi connectivity index (χ0) is 12.3. The van der Waals surface area contributed by atoms with Crippen molar-refractivity contribution in [2.75, 3.05) is 0 Å². The fourth-order valence-electron chi connectivity index (χ4n) is 1.74. The summed E-state index contributed by atoms with van der Waals surface area (Å²) in [6, 6.07) is 1.51. The molecule has 2 rings (SSSR count). The van der Waals surface area contributed by atoms with E-state index in [1.165, 1.54) is 12.3 Å². The van der Waals surface area contributed by atoms with E-state index in [1.807, 2.05) is 17.7 Å². The second-order valence-electron chi connectivity index (χ2n) is 3.64. The van der Waals surface area contributed by atoms with Gasteiger partial charge in [-0.05, 0) is 18.6 Å². The van der Waals surface area contributed by atoms with Crippen molar-refractivity contribution in [1.29, 1.82) is 0 Å². The van der Waals surface area contributed by atoms with Gasteiger partial charge in [-0.15, -0.1) is 0 Å². The predicted molar refractivity (Wildman–Crippen MR) is 61.9 cm³/mol. The molecular formula is C12H13N3O2. The third kappa shape index (κ3) is 2.33. The van der Waals surface area contributed by atoms with Crippen LogP contribution in [0.1, 0.15) is 28.7 Å². The lowest BCUT2D eigenvalue weighted by atomic mass is 10.1. The molecule has 2 aromatic heterocycles. The second-order valence-corrected chi connectivity index (χ2v) is 3.64. The number of imidazole rings is 1. The number of pyridine rings is 1. The first-order chi connectivity index (χ1) is 8.22. The summed E-state index contributed by atoms with van der Waals surface area (Å²) in [4.78, 5) is 19.2. The number of carboxylic acids is 1. The number of aromatic nitrogens is 3. The Morgan fingerprint density at radius 3 is 3.00 bits per heavy atom. The largest absolute Gasteiger partial charge is 0.478 e. The Kier molecular flexibility index (Phi) is 3.18. The zero-order valence-electron chi connectivity index (χ0n) is 9.50. The van der Waals surface area contributed by atoms with Crippen LogP contribution in [-0.4, -0.2) is 25.6 Å². The van der Waals surface area contributed by atoms with Crippen LogP contribution in [0.4, 0.5) is 0 Å². The van der Waals surface area contributed by atoms with Gasteiger partial charge >= 0.3 is 5.97 Å². The molecular weight excluding hydrogens is 218 g/mol. The average Bonchev–Trinajstić information content (AvgIpc) is 2.77. The highest BCUT2D eigenvalue weighted by Crippen LogP contribution is 2.12. The Labute approximate surface area is 98.8 Å². The van der Waals surface area contributed by atoms with Crippen LogP contribution in [0.25, 0.3) is 0 Å². The molecule has 5 heteroatoms.